The van der Waals surface area contributed by atoms with Crippen LogP contribution >= 0.6 is 0 Å². The fourth-order valence-electron chi connectivity index (χ4n) is 3.62. The normalized spacial score (nSPS) is 15.5. The Balaban J connectivity index is 1.49. The van der Waals surface area contributed by atoms with E-state index in [4.69, 9.17) is 4.52 Å². The van der Waals surface area contributed by atoms with Crippen molar-refractivity contribution in [1.29, 1.82) is 0 Å². The van der Waals surface area contributed by atoms with E-state index in [1.165, 1.54) is 12.1 Å². The zero-order valence-corrected chi connectivity index (χ0v) is 16.3. The number of hydrogen-bond donors (Lipinski definition) is 0. The summed E-state index contributed by atoms with van der Waals surface area (Å²) in [7, 11) is 0. The predicted molar refractivity (Wildman–Crippen MR) is 105 cm³/mol. The smallest absolute Gasteiger partial charge is 0.261 e. The molecule has 2 aromatic heterocycles. The van der Waals surface area contributed by atoms with E-state index in [2.05, 4.69) is 24.9 Å². The third-order valence-corrected chi connectivity index (χ3v) is 5.02. The molecule has 1 saturated heterocycles. The van der Waals surface area contributed by atoms with Crippen molar-refractivity contribution in [2.75, 3.05) is 31.1 Å². The Labute approximate surface area is 168 Å². The van der Waals surface area contributed by atoms with Gasteiger partial charge in [0.05, 0.1) is 5.56 Å². The molecule has 0 unspecified atom stereocenters. The lowest BCUT2D eigenvalue weighted by molar-refractivity contribution is 0.284. The first-order chi connectivity index (χ1) is 14.1. The third kappa shape index (κ3) is 4.59. The van der Waals surface area contributed by atoms with Gasteiger partial charge in [0.15, 0.2) is 5.82 Å². The Morgan fingerprint density at radius 3 is 2.66 bits per heavy atom. The number of pyridine rings is 1. The largest absolute Gasteiger partial charge is 0.355 e. The number of aromatic nitrogens is 3. The van der Waals surface area contributed by atoms with E-state index in [1.54, 1.807) is 6.20 Å². The van der Waals surface area contributed by atoms with Crippen molar-refractivity contribution in [1.82, 2.24) is 20.0 Å². The molecule has 8 heteroatoms. The predicted octanol–water partition coefficient (Wildman–Crippen LogP) is 3.68. The average molecular weight is 399 g/mol. The van der Waals surface area contributed by atoms with Crippen LogP contribution < -0.4 is 4.90 Å². The molecule has 4 rings (SSSR count). The van der Waals surface area contributed by atoms with Crippen LogP contribution in [0.2, 0.25) is 0 Å². The summed E-state index contributed by atoms with van der Waals surface area (Å²) in [6.45, 7) is 5.67. The standard InChI is InChI=1S/C21H23F2N5O/c1-2-19-25-21(29-26-19)18-5-3-6-24-20(18)28-8-4-7-27(9-10-28)14-15-11-16(22)13-17(23)12-15/h3,5-6,11-13H,2,4,7-10,14H2,1H3. The highest BCUT2D eigenvalue weighted by molar-refractivity contribution is 5.69. The van der Waals surface area contributed by atoms with E-state index in [1.807, 2.05) is 19.1 Å². The highest BCUT2D eigenvalue weighted by atomic mass is 19.1. The van der Waals surface area contributed by atoms with Gasteiger partial charge in [0.2, 0.25) is 0 Å². The number of benzene rings is 1. The van der Waals surface area contributed by atoms with Gasteiger partial charge < -0.3 is 9.42 Å². The van der Waals surface area contributed by atoms with E-state index in [9.17, 15) is 8.78 Å². The molecule has 0 N–H and O–H groups in total. The van der Waals surface area contributed by atoms with Gasteiger partial charge in [-0.05, 0) is 36.2 Å². The second kappa shape index (κ2) is 8.65. The summed E-state index contributed by atoms with van der Waals surface area (Å²) in [6.07, 6.45) is 3.38. The second-order valence-electron chi connectivity index (χ2n) is 7.14. The topological polar surface area (TPSA) is 58.3 Å². The van der Waals surface area contributed by atoms with Crippen LogP contribution in [0.1, 0.15) is 24.7 Å². The first-order valence-electron chi connectivity index (χ1n) is 9.82. The molecule has 3 heterocycles. The number of halogens is 2. The fraction of sp³-hybridized carbons (Fsp3) is 0.381. The number of hydrogen-bond acceptors (Lipinski definition) is 6. The lowest BCUT2D eigenvalue weighted by atomic mass is 10.2. The molecule has 1 aromatic carbocycles. The molecule has 0 spiro atoms. The first-order valence-corrected chi connectivity index (χ1v) is 9.82. The van der Waals surface area contributed by atoms with Crippen LogP contribution in [0.5, 0.6) is 0 Å². The van der Waals surface area contributed by atoms with E-state index in [0.717, 1.165) is 50.0 Å². The van der Waals surface area contributed by atoms with Crippen molar-refractivity contribution in [2.24, 2.45) is 0 Å². The maximum atomic E-state index is 13.5. The molecule has 29 heavy (non-hydrogen) atoms. The molecule has 152 valence electrons. The van der Waals surface area contributed by atoms with Crippen molar-refractivity contribution < 1.29 is 13.3 Å². The van der Waals surface area contributed by atoms with Gasteiger partial charge in [-0.25, -0.2) is 13.8 Å². The molecule has 6 nitrogen and oxygen atoms in total. The summed E-state index contributed by atoms with van der Waals surface area (Å²) in [5, 5.41) is 3.99. The number of anilines is 1. The first kappa shape index (κ1) is 19.4. The van der Waals surface area contributed by atoms with Crippen LogP contribution in [0.3, 0.4) is 0 Å². The molecule has 0 saturated carbocycles. The summed E-state index contributed by atoms with van der Waals surface area (Å²) >= 11 is 0. The Morgan fingerprint density at radius 2 is 1.90 bits per heavy atom. The van der Waals surface area contributed by atoms with Crippen LogP contribution in [0, 0.1) is 11.6 Å². The zero-order chi connectivity index (χ0) is 20.2. The fourth-order valence-corrected chi connectivity index (χ4v) is 3.62. The van der Waals surface area contributed by atoms with Gasteiger partial charge in [0.25, 0.3) is 5.89 Å². The minimum Gasteiger partial charge on any atom is -0.355 e. The molecule has 1 aliphatic heterocycles. The summed E-state index contributed by atoms with van der Waals surface area (Å²) in [6, 6.07) is 7.48. The molecule has 3 aromatic rings. The molecular weight excluding hydrogens is 376 g/mol. The Morgan fingerprint density at radius 1 is 1.07 bits per heavy atom. The molecule has 0 atom stereocenters. The molecule has 0 radical (unpaired) electrons. The second-order valence-corrected chi connectivity index (χ2v) is 7.14. The number of nitrogens with zero attached hydrogens (tertiary/aromatic N) is 5. The SMILES string of the molecule is CCc1noc(-c2cccnc2N2CCCN(Cc3cc(F)cc(F)c3)CC2)n1. The molecule has 0 aliphatic carbocycles. The monoisotopic (exact) mass is 399 g/mol. The maximum Gasteiger partial charge on any atom is 0.261 e. The summed E-state index contributed by atoms with van der Waals surface area (Å²) in [5.41, 5.74) is 1.47. The molecule has 1 aliphatic rings. The van der Waals surface area contributed by atoms with Gasteiger partial charge in [-0.1, -0.05) is 12.1 Å². The minimum absolute atomic E-state index is 0.473. The minimum atomic E-state index is -0.541. The number of aryl methyl sites for hydroxylation is 1. The van der Waals surface area contributed by atoms with Crippen LogP contribution in [0.25, 0.3) is 11.5 Å². The highest BCUT2D eigenvalue weighted by Crippen LogP contribution is 2.28. The Hall–Kier alpha value is -2.87. The Kier molecular flexibility index (Phi) is 5.80. The summed E-state index contributed by atoms with van der Waals surface area (Å²) < 4.78 is 32.4. The van der Waals surface area contributed by atoms with Gasteiger partial charge in [-0.3, -0.25) is 4.90 Å². The van der Waals surface area contributed by atoms with Crippen LogP contribution in [-0.2, 0) is 13.0 Å². The van der Waals surface area contributed by atoms with Gasteiger partial charge in [0.1, 0.15) is 17.5 Å². The maximum absolute atomic E-state index is 13.5. The van der Waals surface area contributed by atoms with Crippen LogP contribution in [-0.4, -0.2) is 46.2 Å². The summed E-state index contributed by atoms with van der Waals surface area (Å²) in [4.78, 5) is 13.4. The zero-order valence-electron chi connectivity index (χ0n) is 16.3. The van der Waals surface area contributed by atoms with Crippen molar-refractivity contribution in [3.05, 3.63) is 59.6 Å². The molecule has 0 bridgehead atoms. The van der Waals surface area contributed by atoms with Crippen molar-refractivity contribution >= 4 is 5.82 Å². The van der Waals surface area contributed by atoms with E-state index >= 15 is 0 Å². The van der Waals surface area contributed by atoms with Crippen molar-refractivity contribution in [3.63, 3.8) is 0 Å². The van der Waals surface area contributed by atoms with Gasteiger partial charge in [-0.15, -0.1) is 0 Å². The lowest BCUT2D eigenvalue weighted by Crippen LogP contribution is -2.31. The molecule has 0 amide bonds. The van der Waals surface area contributed by atoms with Crippen molar-refractivity contribution in [2.45, 2.75) is 26.3 Å². The highest BCUT2D eigenvalue weighted by Gasteiger charge is 2.21. The van der Waals surface area contributed by atoms with Crippen LogP contribution in [0.4, 0.5) is 14.6 Å². The molecular formula is C21H23F2N5O. The third-order valence-electron chi connectivity index (χ3n) is 5.02. The number of rotatable bonds is 5. The average Bonchev–Trinajstić information content (AvgIpc) is 3.07. The van der Waals surface area contributed by atoms with Crippen LogP contribution in [0.15, 0.2) is 41.1 Å². The lowest BCUT2D eigenvalue weighted by Gasteiger charge is -2.24. The van der Waals surface area contributed by atoms with Gasteiger partial charge >= 0.3 is 0 Å². The van der Waals surface area contributed by atoms with Gasteiger partial charge in [-0.2, -0.15) is 4.98 Å². The Bertz CT molecular complexity index is 957. The van der Waals surface area contributed by atoms with Gasteiger partial charge in [0, 0.05) is 51.4 Å². The summed E-state index contributed by atoms with van der Waals surface area (Å²) in [5.74, 6) is 0.874. The molecule has 1 fully saturated rings. The van der Waals surface area contributed by atoms with E-state index < -0.39 is 11.6 Å². The quantitative estimate of drug-likeness (QED) is 0.652. The van der Waals surface area contributed by atoms with E-state index in [-0.39, 0.29) is 0 Å². The van der Waals surface area contributed by atoms with E-state index in [0.29, 0.717) is 30.2 Å². The van der Waals surface area contributed by atoms with Crippen molar-refractivity contribution in [3.8, 4) is 11.5 Å².